The molecule has 0 spiro atoms. The number of nitrogens with zero attached hydrogens (tertiary/aromatic N) is 1. The van der Waals surface area contributed by atoms with Crippen molar-refractivity contribution in [3.63, 3.8) is 0 Å². The average molecular weight is 331 g/mol. The summed E-state index contributed by atoms with van der Waals surface area (Å²) in [5, 5.41) is 0.276. The van der Waals surface area contributed by atoms with Crippen LogP contribution in [0.5, 0.6) is 5.75 Å². The number of pyridine rings is 1. The monoisotopic (exact) mass is 330 g/mol. The van der Waals surface area contributed by atoms with Gasteiger partial charge in [0.2, 0.25) is 10.0 Å². The van der Waals surface area contributed by atoms with E-state index in [1.165, 1.54) is 42.6 Å². The van der Waals surface area contributed by atoms with Crippen LogP contribution in [0.15, 0.2) is 42.6 Å². The number of ether oxygens (including phenoxy) is 1. The van der Waals surface area contributed by atoms with Crippen molar-refractivity contribution < 1.29 is 17.5 Å². The molecule has 1 heterocycles. The normalized spacial score (nSPS) is 11.1. The highest BCUT2D eigenvalue weighted by molar-refractivity contribution is 7.92. The summed E-state index contributed by atoms with van der Waals surface area (Å²) in [7, 11) is -3.56. The molecule has 0 unspecified atom stereocenters. The molecule has 5 nitrogen and oxygen atoms in total. The fourth-order valence-corrected chi connectivity index (χ4v) is 2.46. The van der Waals surface area contributed by atoms with E-state index >= 15 is 0 Å². The number of anilines is 1. The Balaban J connectivity index is 1.86. The van der Waals surface area contributed by atoms with Gasteiger partial charge in [-0.15, -0.1) is 0 Å². The number of halogens is 2. The molecule has 0 radical (unpaired) electrons. The molecule has 1 aromatic carbocycles. The lowest BCUT2D eigenvalue weighted by molar-refractivity contribution is 0.340. The maximum absolute atomic E-state index is 12.7. The van der Waals surface area contributed by atoms with E-state index in [1.54, 1.807) is 0 Å². The number of hydrogen-bond donors (Lipinski definition) is 1. The van der Waals surface area contributed by atoms with Crippen molar-refractivity contribution in [2.24, 2.45) is 0 Å². The lowest BCUT2D eigenvalue weighted by atomic mass is 10.3. The van der Waals surface area contributed by atoms with Crippen LogP contribution in [0.25, 0.3) is 0 Å². The predicted octanol–water partition coefficient (Wildman–Crippen LogP) is 2.69. The van der Waals surface area contributed by atoms with Crippen LogP contribution < -0.4 is 9.46 Å². The van der Waals surface area contributed by atoms with E-state index in [0.717, 1.165) is 0 Å². The van der Waals surface area contributed by atoms with Crippen molar-refractivity contribution in [1.82, 2.24) is 4.98 Å². The van der Waals surface area contributed by atoms with E-state index in [9.17, 15) is 12.8 Å². The largest absolute Gasteiger partial charge is 0.492 e. The first-order chi connectivity index (χ1) is 9.94. The zero-order chi connectivity index (χ0) is 15.3. The van der Waals surface area contributed by atoms with Crippen LogP contribution in [0.2, 0.25) is 5.15 Å². The minimum atomic E-state index is -3.56. The molecule has 0 aliphatic heterocycles. The summed E-state index contributed by atoms with van der Waals surface area (Å²) in [4.78, 5) is 3.77. The lowest BCUT2D eigenvalue weighted by Gasteiger charge is -2.09. The molecule has 2 rings (SSSR count). The van der Waals surface area contributed by atoms with Crippen LogP contribution in [-0.2, 0) is 10.0 Å². The van der Waals surface area contributed by atoms with Crippen molar-refractivity contribution in [2.75, 3.05) is 17.1 Å². The SMILES string of the molecule is O=S(=O)(CCOc1ccc(F)cc1)Nc1ccc(Cl)nc1. The molecule has 21 heavy (non-hydrogen) atoms. The van der Waals surface area contributed by atoms with E-state index in [4.69, 9.17) is 16.3 Å². The summed E-state index contributed by atoms with van der Waals surface area (Å²) in [5.74, 6) is -0.223. The van der Waals surface area contributed by atoms with Crippen LogP contribution in [-0.4, -0.2) is 25.8 Å². The Morgan fingerprint density at radius 2 is 1.90 bits per heavy atom. The molecule has 0 saturated heterocycles. The summed E-state index contributed by atoms with van der Waals surface area (Å²) in [6.07, 6.45) is 1.32. The molecule has 112 valence electrons. The molecule has 0 fully saturated rings. The van der Waals surface area contributed by atoms with Gasteiger partial charge in [-0.2, -0.15) is 0 Å². The van der Waals surface area contributed by atoms with Gasteiger partial charge >= 0.3 is 0 Å². The van der Waals surface area contributed by atoms with Gasteiger partial charge in [-0.1, -0.05) is 11.6 Å². The Hall–Kier alpha value is -1.86. The number of hydrogen-bond acceptors (Lipinski definition) is 4. The molecule has 0 amide bonds. The van der Waals surface area contributed by atoms with Crippen molar-refractivity contribution in [3.8, 4) is 5.75 Å². The Morgan fingerprint density at radius 1 is 1.19 bits per heavy atom. The van der Waals surface area contributed by atoms with Gasteiger partial charge in [-0.25, -0.2) is 17.8 Å². The molecule has 0 aliphatic carbocycles. The van der Waals surface area contributed by atoms with Crippen molar-refractivity contribution in [1.29, 1.82) is 0 Å². The molecule has 0 saturated carbocycles. The van der Waals surface area contributed by atoms with Gasteiger partial charge in [0.05, 0.1) is 11.9 Å². The van der Waals surface area contributed by atoms with Crippen molar-refractivity contribution in [3.05, 3.63) is 53.6 Å². The summed E-state index contributed by atoms with van der Waals surface area (Å²) < 4.78 is 43.9. The fraction of sp³-hybridized carbons (Fsp3) is 0.154. The molecular formula is C13H12ClFN2O3S. The molecule has 0 atom stereocenters. The highest BCUT2D eigenvalue weighted by atomic mass is 35.5. The van der Waals surface area contributed by atoms with E-state index < -0.39 is 10.0 Å². The van der Waals surface area contributed by atoms with Gasteiger partial charge in [0, 0.05) is 0 Å². The summed E-state index contributed by atoms with van der Waals surface area (Å²) >= 11 is 5.61. The van der Waals surface area contributed by atoms with Crippen LogP contribution in [0.4, 0.5) is 10.1 Å². The summed E-state index contributed by atoms with van der Waals surface area (Å²) in [6.45, 7) is -0.0536. The van der Waals surface area contributed by atoms with Crippen LogP contribution in [0.1, 0.15) is 0 Å². The molecule has 1 aromatic heterocycles. The zero-order valence-corrected chi connectivity index (χ0v) is 12.4. The van der Waals surface area contributed by atoms with E-state index in [0.29, 0.717) is 11.4 Å². The number of nitrogens with one attached hydrogen (secondary N) is 1. The molecule has 0 bridgehead atoms. The molecule has 1 N–H and O–H groups in total. The number of aromatic nitrogens is 1. The number of benzene rings is 1. The second-order valence-electron chi connectivity index (χ2n) is 4.09. The average Bonchev–Trinajstić information content (AvgIpc) is 2.43. The highest BCUT2D eigenvalue weighted by Gasteiger charge is 2.11. The quantitative estimate of drug-likeness (QED) is 0.827. The van der Waals surface area contributed by atoms with Gasteiger partial charge in [0.25, 0.3) is 0 Å². The van der Waals surface area contributed by atoms with Crippen LogP contribution >= 0.6 is 11.6 Å². The van der Waals surface area contributed by atoms with E-state index in [2.05, 4.69) is 9.71 Å². The fourth-order valence-electron chi connectivity index (χ4n) is 1.47. The number of rotatable bonds is 6. The zero-order valence-electron chi connectivity index (χ0n) is 10.8. The first-order valence-electron chi connectivity index (χ1n) is 5.95. The standard InChI is InChI=1S/C13H12ClFN2O3S/c14-13-6-3-11(9-16-13)17-21(18,19)8-7-20-12-4-1-10(15)2-5-12/h1-6,9,17H,7-8H2. The highest BCUT2D eigenvalue weighted by Crippen LogP contribution is 2.13. The predicted molar refractivity (Wildman–Crippen MR) is 78.6 cm³/mol. The second-order valence-corrected chi connectivity index (χ2v) is 6.32. The van der Waals surface area contributed by atoms with E-state index in [-0.39, 0.29) is 23.3 Å². The molecule has 0 aliphatic rings. The van der Waals surface area contributed by atoms with Crippen LogP contribution in [0.3, 0.4) is 0 Å². The van der Waals surface area contributed by atoms with Gasteiger partial charge in [0.15, 0.2) is 0 Å². The van der Waals surface area contributed by atoms with Crippen LogP contribution in [0, 0.1) is 5.82 Å². The minimum absolute atomic E-state index is 0.0536. The van der Waals surface area contributed by atoms with Gasteiger partial charge in [-0.05, 0) is 36.4 Å². The Kier molecular flexibility index (Phi) is 4.98. The molecule has 2 aromatic rings. The Labute approximate surface area is 126 Å². The third kappa shape index (κ3) is 5.20. The molecular weight excluding hydrogens is 319 g/mol. The lowest BCUT2D eigenvalue weighted by Crippen LogP contribution is -2.21. The first-order valence-corrected chi connectivity index (χ1v) is 7.98. The first kappa shape index (κ1) is 15.5. The van der Waals surface area contributed by atoms with Gasteiger partial charge in [0.1, 0.15) is 29.1 Å². The minimum Gasteiger partial charge on any atom is -0.492 e. The number of sulfonamides is 1. The van der Waals surface area contributed by atoms with Crippen molar-refractivity contribution >= 4 is 27.3 Å². The van der Waals surface area contributed by atoms with Gasteiger partial charge in [-0.3, -0.25) is 4.72 Å². The van der Waals surface area contributed by atoms with Gasteiger partial charge < -0.3 is 4.74 Å². The third-order valence-electron chi connectivity index (χ3n) is 2.44. The Bertz CT molecular complexity index is 690. The molecule has 8 heteroatoms. The smallest absolute Gasteiger partial charge is 0.236 e. The summed E-state index contributed by atoms with van der Waals surface area (Å²) in [6, 6.07) is 8.32. The Morgan fingerprint density at radius 3 is 2.52 bits per heavy atom. The second kappa shape index (κ2) is 6.73. The maximum atomic E-state index is 12.7. The maximum Gasteiger partial charge on any atom is 0.236 e. The van der Waals surface area contributed by atoms with Crippen molar-refractivity contribution in [2.45, 2.75) is 0 Å². The third-order valence-corrected chi connectivity index (χ3v) is 3.91. The topological polar surface area (TPSA) is 68.3 Å². The van der Waals surface area contributed by atoms with E-state index in [1.807, 2.05) is 0 Å². The summed E-state index contributed by atoms with van der Waals surface area (Å²) in [5.41, 5.74) is 0.321.